The Morgan fingerprint density at radius 1 is 1.09 bits per heavy atom. The van der Waals surface area contributed by atoms with Crippen LogP contribution in [0.25, 0.3) is 0 Å². The molecule has 0 unspecified atom stereocenters. The fourth-order valence-corrected chi connectivity index (χ4v) is 3.57. The second kappa shape index (κ2) is 5.26. The number of hydrogen-bond acceptors (Lipinski definition) is 3. The Morgan fingerprint density at radius 3 is 2.52 bits per heavy atom. The SMILES string of the molecule is Cc1ccc(C(=O)N2C[C@@H]3CN(c4ccccc4)C(=O)[C@H]3C2)o1. The molecule has 1 aromatic carbocycles. The van der Waals surface area contributed by atoms with Gasteiger partial charge >= 0.3 is 0 Å². The van der Waals surface area contributed by atoms with Crippen LogP contribution in [0.2, 0.25) is 0 Å². The minimum atomic E-state index is -0.119. The number of benzene rings is 1. The number of fused-ring (bicyclic) bond motifs is 1. The third-order valence-corrected chi connectivity index (χ3v) is 4.75. The number of carbonyl (C=O) groups is 2. The van der Waals surface area contributed by atoms with Gasteiger partial charge in [-0.25, -0.2) is 0 Å². The van der Waals surface area contributed by atoms with Gasteiger partial charge in [0.1, 0.15) is 5.76 Å². The molecule has 2 atom stereocenters. The standard InChI is InChI=1S/C18H18N2O3/c1-12-7-8-16(23-12)18(22)19-9-13-10-20(17(21)15(13)11-19)14-5-3-2-4-6-14/h2-8,13,15H,9-11H2,1H3/t13-,15+/m1/s1. The van der Waals surface area contributed by atoms with Crippen molar-refractivity contribution in [3.8, 4) is 0 Å². The smallest absolute Gasteiger partial charge is 0.289 e. The van der Waals surface area contributed by atoms with Crippen LogP contribution in [0.4, 0.5) is 5.69 Å². The molecular weight excluding hydrogens is 292 g/mol. The lowest BCUT2D eigenvalue weighted by Crippen LogP contribution is -2.35. The molecule has 4 rings (SSSR count). The molecular formula is C18H18N2O3. The van der Waals surface area contributed by atoms with E-state index in [1.54, 1.807) is 17.0 Å². The molecule has 2 saturated heterocycles. The highest BCUT2D eigenvalue weighted by atomic mass is 16.3. The van der Waals surface area contributed by atoms with E-state index in [2.05, 4.69) is 0 Å². The van der Waals surface area contributed by atoms with E-state index in [0.717, 1.165) is 11.4 Å². The largest absolute Gasteiger partial charge is 0.456 e. The van der Waals surface area contributed by atoms with Gasteiger partial charge in [-0.05, 0) is 31.2 Å². The summed E-state index contributed by atoms with van der Waals surface area (Å²) in [5, 5.41) is 0. The maximum Gasteiger partial charge on any atom is 0.289 e. The van der Waals surface area contributed by atoms with E-state index in [1.165, 1.54) is 0 Å². The second-order valence-corrected chi connectivity index (χ2v) is 6.27. The summed E-state index contributed by atoms with van der Waals surface area (Å²) >= 11 is 0. The van der Waals surface area contributed by atoms with Crippen molar-refractivity contribution in [3.63, 3.8) is 0 Å². The number of rotatable bonds is 2. The van der Waals surface area contributed by atoms with E-state index >= 15 is 0 Å². The first-order valence-electron chi connectivity index (χ1n) is 7.85. The molecule has 5 heteroatoms. The lowest BCUT2D eigenvalue weighted by atomic mass is 10.0. The third-order valence-electron chi connectivity index (χ3n) is 4.75. The van der Waals surface area contributed by atoms with Crippen LogP contribution in [0.3, 0.4) is 0 Å². The molecule has 23 heavy (non-hydrogen) atoms. The summed E-state index contributed by atoms with van der Waals surface area (Å²) in [6.07, 6.45) is 0. The highest BCUT2D eigenvalue weighted by molar-refractivity contribution is 5.99. The van der Waals surface area contributed by atoms with Gasteiger partial charge in [0.15, 0.2) is 5.76 Å². The van der Waals surface area contributed by atoms with Crippen molar-refractivity contribution in [2.24, 2.45) is 11.8 Å². The van der Waals surface area contributed by atoms with Gasteiger partial charge in [-0.2, -0.15) is 0 Å². The van der Waals surface area contributed by atoms with Crippen molar-refractivity contribution in [3.05, 3.63) is 54.0 Å². The molecule has 118 valence electrons. The van der Waals surface area contributed by atoms with Crippen LogP contribution in [0.5, 0.6) is 0 Å². The maximum absolute atomic E-state index is 12.7. The Morgan fingerprint density at radius 2 is 1.87 bits per heavy atom. The fourth-order valence-electron chi connectivity index (χ4n) is 3.57. The molecule has 2 amide bonds. The number of amides is 2. The highest BCUT2D eigenvalue weighted by Crippen LogP contribution is 2.35. The highest BCUT2D eigenvalue weighted by Gasteiger charge is 2.48. The number of likely N-dealkylation sites (tertiary alicyclic amines) is 1. The zero-order valence-electron chi connectivity index (χ0n) is 12.9. The van der Waals surface area contributed by atoms with Crippen molar-refractivity contribution in [2.75, 3.05) is 24.5 Å². The van der Waals surface area contributed by atoms with Gasteiger partial charge in [-0.15, -0.1) is 0 Å². The Hall–Kier alpha value is -2.56. The fraction of sp³-hybridized carbons (Fsp3) is 0.333. The van der Waals surface area contributed by atoms with Crippen molar-refractivity contribution in [1.29, 1.82) is 0 Å². The summed E-state index contributed by atoms with van der Waals surface area (Å²) in [7, 11) is 0. The summed E-state index contributed by atoms with van der Waals surface area (Å²) in [4.78, 5) is 28.7. The van der Waals surface area contributed by atoms with E-state index in [4.69, 9.17) is 4.42 Å². The van der Waals surface area contributed by atoms with E-state index < -0.39 is 0 Å². The van der Waals surface area contributed by atoms with Crippen molar-refractivity contribution in [1.82, 2.24) is 4.90 Å². The van der Waals surface area contributed by atoms with Crippen LogP contribution >= 0.6 is 0 Å². The van der Waals surface area contributed by atoms with E-state index in [9.17, 15) is 9.59 Å². The Kier molecular flexibility index (Phi) is 3.22. The minimum Gasteiger partial charge on any atom is -0.456 e. The number of nitrogens with zero attached hydrogens (tertiary/aromatic N) is 2. The minimum absolute atomic E-state index is 0.102. The average molecular weight is 310 g/mol. The molecule has 1 aromatic heterocycles. The molecule has 3 heterocycles. The molecule has 0 N–H and O–H groups in total. The van der Waals surface area contributed by atoms with Crippen LogP contribution in [-0.2, 0) is 4.79 Å². The van der Waals surface area contributed by atoms with E-state index in [0.29, 0.717) is 25.4 Å². The van der Waals surface area contributed by atoms with Crippen LogP contribution in [0.15, 0.2) is 46.9 Å². The molecule has 2 fully saturated rings. The summed E-state index contributed by atoms with van der Waals surface area (Å²) in [5.74, 6) is 1.17. The lowest BCUT2D eigenvalue weighted by molar-refractivity contribution is -0.120. The van der Waals surface area contributed by atoms with Gasteiger partial charge in [0.25, 0.3) is 5.91 Å². The van der Waals surface area contributed by atoms with Crippen LogP contribution in [0.1, 0.15) is 16.3 Å². The number of aryl methyl sites for hydroxylation is 1. The summed E-state index contributed by atoms with van der Waals surface area (Å²) in [5.41, 5.74) is 0.937. The molecule has 5 nitrogen and oxygen atoms in total. The summed E-state index contributed by atoms with van der Waals surface area (Å²) in [6.45, 7) is 3.58. The first kappa shape index (κ1) is 14.1. The molecule has 2 aromatic rings. The average Bonchev–Trinajstić information content (AvgIpc) is 3.24. The predicted octanol–water partition coefficient (Wildman–Crippen LogP) is 2.32. The third kappa shape index (κ3) is 2.32. The monoisotopic (exact) mass is 310 g/mol. The molecule has 0 aliphatic carbocycles. The topological polar surface area (TPSA) is 53.8 Å². The van der Waals surface area contributed by atoms with Crippen molar-refractivity contribution < 1.29 is 14.0 Å². The normalized spacial score (nSPS) is 23.4. The molecule has 2 aliphatic heterocycles. The summed E-state index contributed by atoms with van der Waals surface area (Å²) in [6, 6.07) is 13.2. The maximum atomic E-state index is 12.7. The van der Waals surface area contributed by atoms with Crippen LogP contribution < -0.4 is 4.90 Å². The molecule has 0 bridgehead atoms. The first-order valence-corrected chi connectivity index (χ1v) is 7.85. The van der Waals surface area contributed by atoms with Gasteiger partial charge in [0.2, 0.25) is 5.91 Å². The van der Waals surface area contributed by atoms with Crippen LogP contribution in [-0.4, -0.2) is 36.3 Å². The van der Waals surface area contributed by atoms with E-state index in [1.807, 2.05) is 42.2 Å². The second-order valence-electron chi connectivity index (χ2n) is 6.27. The van der Waals surface area contributed by atoms with Crippen LogP contribution in [0, 0.1) is 18.8 Å². The van der Waals surface area contributed by atoms with Gasteiger partial charge in [0, 0.05) is 31.2 Å². The first-order chi connectivity index (χ1) is 11.1. The molecule has 2 aliphatic rings. The number of anilines is 1. The van der Waals surface area contributed by atoms with Crippen molar-refractivity contribution in [2.45, 2.75) is 6.92 Å². The number of carbonyl (C=O) groups excluding carboxylic acids is 2. The number of para-hydroxylation sites is 1. The number of furan rings is 1. The van der Waals surface area contributed by atoms with Gasteiger partial charge in [0.05, 0.1) is 5.92 Å². The predicted molar refractivity (Wildman–Crippen MR) is 85.1 cm³/mol. The molecule has 0 spiro atoms. The zero-order chi connectivity index (χ0) is 16.0. The van der Waals surface area contributed by atoms with Gasteiger partial charge in [-0.1, -0.05) is 18.2 Å². The van der Waals surface area contributed by atoms with Gasteiger partial charge < -0.3 is 14.2 Å². The lowest BCUT2D eigenvalue weighted by Gasteiger charge is -2.21. The Bertz CT molecular complexity index is 753. The van der Waals surface area contributed by atoms with Crippen molar-refractivity contribution >= 4 is 17.5 Å². The Labute approximate surface area is 134 Å². The van der Waals surface area contributed by atoms with E-state index in [-0.39, 0.29) is 23.7 Å². The Balaban J connectivity index is 1.49. The quantitative estimate of drug-likeness (QED) is 0.855. The molecule has 0 saturated carbocycles. The van der Waals surface area contributed by atoms with Gasteiger partial charge in [-0.3, -0.25) is 9.59 Å². The zero-order valence-corrected chi connectivity index (χ0v) is 12.9. The summed E-state index contributed by atoms with van der Waals surface area (Å²) < 4.78 is 5.41. The number of hydrogen-bond donors (Lipinski definition) is 0. The molecule has 0 radical (unpaired) electrons.